The molecule has 0 atom stereocenters. The Morgan fingerprint density at radius 1 is 0.603 bits per heavy atom. The zero-order valence-corrected chi connectivity index (χ0v) is 37.2. The van der Waals surface area contributed by atoms with Gasteiger partial charge in [-0.05, 0) is 91.2 Å². The van der Waals surface area contributed by atoms with E-state index in [2.05, 4.69) is 55.4 Å². The van der Waals surface area contributed by atoms with Crippen LogP contribution in [0.4, 0.5) is 17.8 Å². The maximum absolute atomic E-state index is 11.4. The molecule has 346 valence electrons. The predicted octanol–water partition coefficient (Wildman–Crippen LogP) is 4.92. The van der Waals surface area contributed by atoms with Gasteiger partial charge in [0.05, 0.1) is 12.5 Å². The molecule has 0 amide bonds. The molecule has 22 nitrogen and oxygen atoms in total. The third kappa shape index (κ3) is 12.1. The largest absolute Gasteiger partial charge is 0.489 e. The zero-order chi connectivity index (χ0) is 47.3. The maximum Gasteiger partial charge on any atom is 0.259 e. The molecular formula is C45H44N16O6S. The number of nitrogens with two attached hydrogens (primary N) is 3. The summed E-state index contributed by atoms with van der Waals surface area (Å²) in [6, 6.07) is 30.7. The standard InChI is InChI=1S/C22H20N8O2.C14H16N2O.C9H8N6O3S/c23-20-27-21(28-22-26-19(29-30(20)22)18-4-2-12-31-18)25-11-9-15-5-7-17(8-6-15)32-14-16-3-1-10-24-13-16;15-8-7-12-3-5-14(6-4-12)17-11-13-2-1-9-16-10-13;1-19(16,17)9-12-7(10)15-8(13-9)11-6(14-15)5-3-2-4-18-5/h1-8,10,12-13H,9,11,14H2,(H3,23,25,26,27,28,29);1-6,9-10H,7-8,11,15H2;2-4H,1H3,(H2,10,11,12,13,14). The van der Waals surface area contributed by atoms with Gasteiger partial charge in [0, 0.05) is 48.7 Å². The molecule has 2 aromatic carbocycles. The summed E-state index contributed by atoms with van der Waals surface area (Å²) in [5, 5.41) is 11.1. The molecule has 10 aromatic rings. The second-order valence-corrected chi connectivity index (χ2v) is 16.5. The van der Waals surface area contributed by atoms with E-state index in [1.165, 1.54) is 16.3 Å². The molecule has 0 aliphatic carbocycles. The fourth-order valence-electron chi connectivity index (χ4n) is 6.15. The number of sulfone groups is 1. The van der Waals surface area contributed by atoms with Crippen molar-refractivity contribution >= 4 is 39.2 Å². The SMILES string of the molecule is CS(=O)(=O)c1nc(N)n2nc(-c3ccco3)nc2n1.NCCc1ccc(OCc2cccnc2)cc1.Nc1nc(NCCc2ccc(OCc3cccnc3)cc2)nc2nc(-c3ccco3)nn12. The van der Waals surface area contributed by atoms with Crippen LogP contribution in [0.1, 0.15) is 22.3 Å². The highest BCUT2D eigenvalue weighted by molar-refractivity contribution is 7.90. The van der Waals surface area contributed by atoms with E-state index in [4.69, 9.17) is 35.5 Å². The van der Waals surface area contributed by atoms with Crippen LogP contribution in [0.25, 0.3) is 34.7 Å². The van der Waals surface area contributed by atoms with Gasteiger partial charge < -0.3 is 40.8 Å². The molecule has 0 saturated carbocycles. The first kappa shape index (κ1) is 45.7. The summed E-state index contributed by atoms with van der Waals surface area (Å²) in [7, 11) is -3.57. The summed E-state index contributed by atoms with van der Waals surface area (Å²) < 4.78 is 47.3. The second-order valence-electron chi connectivity index (χ2n) is 14.6. The van der Waals surface area contributed by atoms with Crippen LogP contribution in [-0.2, 0) is 35.9 Å². The van der Waals surface area contributed by atoms with Gasteiger partial charge >= 0.3 is 0 Å². The zero-order valence-electron chi connectivity index (χ0n) is 36.4. The number of ether oxygens (including phenoxy) is 2. The fraction of sp³-hybridized carbons (Fsp3) is 0.156. The van der Waals surface area contributed by atoms with E-state index in [0.717, 1.165) is 51.8 Å². The van der Waals surface area contributed by atoms with Gasteiger partial charge in [-0.1, -0.05) is 36.4 Å². The molecular weight excluding hydrogens is 893 g/mol. The van der Waals surface area contributed by atoms with E-state index in [1.807, 2.05) is 79.0 Å². The molecule has 0 spiro atoms. The molecule has 0 saturated heterocycles. The Kier molecular flexibility index (Phi) is 14.4. The predicted molar refractivity (Wildman–Crippen MR) is 249 cm³/mol. The number of hydrogen-bond donors (Lipinski definition) is 4. The minimum Gasteiger partial charge on any atom is -0.489 e. The molecule has 0 aliphatic heterocycles. The summed E-state index contributed by atoms with van der Waals surface area (Å²) in [5.74, 6) is 4.15. The first-order valence-electron chi connectivity index (χ1n) is 20.8. The number of rotatable bonds is 15. The number of fused-ring (bicyclic) bond motifs is 2. The lowest BCUT2D eigenvalue weighted by molar-refractivity contribution is 0.305. The summed E-state index contributed by atoms with van der Waals surface area (Å²) in [6.45, 7) is 2.34. The van der Waals surface area contributed by atoms with Crippen LogP contribution >= 0.6 is 0 Å². The quantitative estimate of drug-likeness (QED) is 0.106. The Balaban J connectivity index is 0.000000148. The Labute approximate surface area is 388 Å². The lowest BCUT2D eigenvalue weighted by atomic mass is 10.1. The average molecular weight is 937 g/mol. The molecule has 0 unspecified atom stereocenters. The minimum atomic E-state index is -3.57. The van der Waals surface area contributed by atoms with Gasteiger partial charge in [0.25, 0.3) is 16.7 Å². The van der Waals surface area contributed by atoms with Crippen molar-refractivity contribution in [3.63, 3.8) is 0 Å². The van der Waals surface area contributed by atoms with Gasteiger partial charge in [-0.25, -0.2) is 8.42 Å². The van der Waals surface area contributed by atoms with E-state index < -0.39 is 15.0 Å². The molecule has 23 heteroatoms. The number of aromatic nitrogens is 12. The number of nitrogen functional groups attached to an aromatic ring is 2. The first-order valence-corrected chi connectivity index (χ1v) is 22.7. The number of hydrogen-bond acceptors (Lipinski definition) is 20. The van der Waals surface area contributed by atoms with Gasteiger partial charge in [-0.15, -0.1) is 10.2 Å². The van der Waals surface area contributed by atoms with Crippen LogP contribution in [0.5, 0.6) is 11.5 Å². The molecule has 0 fully saturated rings. The second kappa shape index (κ2) is 21.4. The van der Waals surface area contributed by atoms with E-state index in [1.54, 1.807) is 49.1 Å². The third-order valence-electron chi connectivity index (χ3n) is 9.49. The van der Waals surface area contributed by atoms with Crippen LogP contribution in [0, 0.1) is 0 Å². The summed E-state index contributed by atoms with van der Waals surface area (Å²) >= 11 is 0. The van der Waals surface area contributed by atoms with Crippen molar-refractivity contribution in [2.24, 2.45) is 5.73 Å². The Morgan fingerprint density at radius 3 is 1.59 bits per heavy atom. The highest BCUT2D eigenvalue weighted by Gasteiger charge is 2.19. The van der Waals surface area contributed by atoms with Gasteiger partial charge in [0.2, 0.25) is 39.3 Å². The molecule has 7 N–H and O–H groups in total. The van der Waals surface area contributed by atoms with Crippen LogP contribution in [0.15, 0.2) is 148 Å². The monoisotopic (exact) mass is 936 g/mol. The lowest BCUT2D eigenvalue weighted by Gasteiger charge is -2.08. The minimum absolute atomic E-state index is 0.0410. The number of anilines is 3. The number of pyridine rings is 2. The molecule has 0 bridgehead atoms. The van der Waals surface area contributed by atoms with Gasteiger partial charge in [0.15, 0.2) is 11.5 Å². The van der Waals surface area contributed by atoms with Crippen LogP contribution in [0.2, 0.25) is 0 Å². The summed E-state index contributed by atoms with van der Waals surface area (Å²) in [6.07, 6.45) is 12.8. The fourth-order valence-corrected chi connectivity index (χ4v) is 6.65. The van der Waals surface area contributed by atoms with Crippen molar-refractivity contribution in [1.82, 2.24) is 59.1 Å². The molecule has 8 aromatic heterocycles. The molecule has 0 aliphatic rings. The maximum atomic E-state index is 11.4. The number of nitrogens with zero attached hydrogens (tertiary/aromatic N) is 12. The van der Waals surface area contributed by atoms with Gasteiger partial charge in [-0.2, -0.15) is 38.9 Å². The first-order chi connectivity index (χ1) is 33.1. The van der Waals surface area contributed by atoms with Crippen LogP contribution in [-0.4, -0.2) is 86.9 Å². The Hall–Kier alpha value is -8.83. The van der Waals surface area contributed by atoms with Crippen LogP contribution < -0.4 is 32.0 Å². The van der Waals surface area contributed by atoms with E-state index >= 15 is 0 Å². The van der Waals surface area contributed by atoms with Gasteiger partial charge in [-0.3, -0.25) is 9.97 Å². The molecule has 10 rings (SSSR count). The summed E-state index contributed by atoms with van der Waals surface area (Å²) in [5.41, 5.74) is 21.6. The molecule has 0 radical (unpaired) electrons. The lowest BCUT2D eigenvalue weighted by Crippen LogP contribution is -2.12. The van der Waals surface area contributed by atoms with Crippen molar-refractivity contribution < 1.29 is 26.7 Å². The van der Waals surface area contributed by atoms with Crippen molar-refractivity contribution in [3.8, 4) is 34.7 Å². The smallest absolute Gasteiger partial charge is 0.259 e. The average Bonchev–Trinajstić information content (AvgIpc) is 4.20. The number of benzene rings is 2. The molecule has 68 heavy (non-hydrogen) atoms. The molecule has 8 heterocycles. The van der Waals surface area contributed by atoms with E-state index in [0.29, 0.717) is 55.4 Å². The summed E-state index contributed by atoms with van der Waals surface area (Å²) in [4.78, 5) is 32.7. The number of nitrogens with one attached hydrogen (secondary N) is 1. The van der Waals surface area contributed by atoms with Crippen molar-refractivity contribution in [1.29, 1.82) is 0 Å². The Morgan fingerprint density at radius 2 is 1.12 bits per heavy atom. The van der Waals surface area contributed by atoms with E-state index in [9.17, 15) is 8.42 Å². The highest BCUT2D eigenvalue weighted by atomic mass is 32.2. The topological polar surface area (TPSA) is 307 Å². The van der Waals surface area contributed by atoms with Crippen molar-refractivity contribution in [2.45, 2.75) is 31.2 Å². The van der Waals surface area contributed by atoms with Crippen molar-refractivity contribution in [2.75, 3.05) is 36.1 Å². The third-order valence-corrected chi connectivity index (χ3v) is 10.3. The normalized spacial score (nSPS) is 11.1. The Bertz CT molecular complexity index is 3260. The van der Waals surface area contributed by atoms with Gasteiger partial charge in [0.1, 0.15) is 24.7 Å². The van der Waals surface area contributed by atoms with Crippen LogP contribution in [0.3, 0.4) is 0 Å². The van der Waals surface area contributed by atoms with E-state index in [-0.39, 0.29) is 23.5 Å². The highest BCUT2D eigenvalue weighted by Crippen LogP contribution is 2.20. The van der Waals surface area contributed by atoms with Crippen molar-refractivity contribution in [3.05, 3.63) is 157 Å². The number of furan rings is 2.